The van der Waals surface area contributed by atoms with Gasteiger partial charge in [-0.2, -0.15) is 0 Å². The molecule has 79 heavy (non-hydrogen) atoms. The summed E-state index contributed by atoms with van der Waals surface area (Å²) in [6.45, 7) is 4.52. The molecular weight excluding hydrogens is 961 g/mol. The molecule has 0 radical (unpaired) electrons. The Kier molecular flexibility index (Phi) is 10.8. The smallest absolute Gasteiger partial charge is 0.143 e. The van der Waals surface area contributed by atoms with Crippen LogP contribution < -0.4 is 9.80 Å². The van der Waals surface area contributed by atoms with E-state index in [2.05, 4.69) is 285 Å². The quantitative estimate of drug-likeness (QED) is 0.137. The van der Waals surface area contributed by atoms with Crippen LogP contribution in [0, 0.1) is 13.8 Å². The summed E-state index contributed by atoms with van der Waals surface area (Å²) in [6.07, 6.45) is 0. The van der Waals surface area contributed by atoms with Gasteiger partial charge in [-0.15, -0.1) is 0 Å². The average Bonchev–Trinajstić information content (AvgIpc) is 4.39. The third kappa shape index (κ3) is 7.36. The van der Waals surface area contributed by atoms with Crippen LogP contribution in [0.2, 0.25) is 0 Å². The Bertz CT molecular complexity index is 4560. The summed E-state index contributed by atoms with van der Waals surface area (Å²) in [5.41, 5.74) is 23.3. The fourth-order valence-electron chi connectivity index (χ4n) is 12.8. The van der Waals surface area contributed by atoms with Crippen LogP contribution in [0.3, 0.4) is 0 Å². The Hall–Kier alpha value is -10.2. The minimum absolute atomic E-state index is 0.703. The van der Waals surface area contributed by atoms with Gasteiger partial charge in [0.15, 0.2) is 0 Å². The van der Waals surface area contributed by atoms with E-state index in [4.69, 9.17) is 8.83 Å². The maximum atomic E-state index is 6.55. The summed E-state index contributed by atoms with van der Waals surface area (Å²) in [7, 11) is 0. The summed E-state index contributed by atoms with van der Waals surface area (Å²) >= 11 is 0. The molecule has 0 unspecified atom stereocenters. The largest absolute Gasteiger partial charge is 0.455 e. The van der Waals surface area contributed by atoms with Crippen LogP contribution in [0.25, 0.3) is 77.3 Å². The second-order valence-corrected chi connectivity index (χ2v) is 20.9. The highest BCUT2D eigenvalue weighted by Crippen LogP contribution is 2.61. The standard InChI is InChI=1S/C75H52N2O2/c1-49-45-67-72(69(46-49)77(56-27-13-6-14-28-56)58-43-39-52(40-44-58)60-32-20-34-64-62-30-16-18-36-71(62)79-74(60)64)65-47-50(2)68(48-66(65)75(67,53-21-7-3-8-22-53)54-23-9-4-10-24-54)76(55-25-11-5-12-26-55)57-41-37-51(38-42-57)59-31-19-33-63-61-29-15-17-35-70(61)78-73(59)63/h3-48H,1-2H3. The molecule has 2 heterocycles. The van der Waals surface area contributed by atoms with Gasteiger partial charge in [0.1, 0.15) is 22.3 Å². The average molecular weight is 1010 g/mol. The fraction of sp³-hybridized carbons (Fsp3) is 0.0400. The molecule has 2 aromatic heterocycles. The van der Waals surface area contributed by atoms with E-state index >= 15 is 0 Å². The number of hydrogen-bond acceptors (Lipinski definition) is 4. The number of furan rings is 2. The van der Waals surface area contributed by atoms with Gasteiger partial charge < -0.3 is 18.6 Å². The van der Waals surface area contributed by atoms with Gasteiger partial charge in [0, 0.05) is 66.7 Å². The number of aryl methyl sites for hydroxylation is 2. The van der Waals surface area contributed by atoms with Crippen molar-refractivity contribution in [2.24, 2.45) is 0 Å². The van der Waals surface area contributed by atoms with Crippen molar-refractivity contribution in [3.63, 3.8) is 0 Å². The predicted molar refractivity (Wildman–Crippen MR) is 328 cm³/mol. The van der Waals surface area contributed by atoms with E-state index in [-0.39, 0.29) is 0 Å². The van der Waals surface area contributed by atoms with Crippen molar-refractivity contribution in [2.45, 2.75) is 19.3 Å². The van der Waals surface area contributed by atoms with E-state index in [0.717, 1.165) is 106 Å². The van der Waals surface area contributed by atoms with Crippen LogP contribution in [-0.4, -0.2) is 0 Å². The van der Waals surface area contributed by atoms with E-state index in [1.54, 1.807) is 0 Å². The maximum Gasteiger partial charge on any atom is 0.143 e. The summed E-state index contributed by atoms with van der Waals surface area (Å²) < 4.78 is 13.1. The fourth-order valence-corrected chi connectivity index (χ4v) is 12.8. The molecule has 0 aliphatic heterocycles. The van der Waals surface area contributed by atoms with Crippen LogP contribution in [-0.2, 0) is 5.41 Å². The molecule has 0 bridgehead atoms. The highest BCUT2D eigenvalue weighted by molar-refractivity contribution is 6.11. The van der Waals surface area contributed by atoms with E-state index < -0.39 is 5.41 Å². The van der Waals surface area contributed by atoms with Crippen molar-refractivity contribution in [1.29, 1.82) is 0 Å². The lowest BCUT2D eigenvalue weighted by Crippen LogP contribution is -2.29. The first-order valence-electron chi connectivity index (χ1n) is 27.1. The van der Waals surface area contributed by atoms with E-state index in [1.165, 1.54) is 38.9 Å². The highest BCUT2D eigenvalue weighted by Gasteiger charge is 2.48. The number of anilines is 6. The first-order chi connectivity index (χ1) is 39.0. The lowest BCUT2D eigenvalue weighted by Gasteiger charge is -2.36. The first kappa shape index (κ1) is 46.2. The van der Waals surface area contributed by atoms with Crippen LogP contribution in [0.15, 0.2) is 288 Å². The Morgan fingerprint density at radius 2 is 0.734 bits per heavy atom. The van der Waals surface area contributed by atoms with Crippen LogP contribution in [0.5, 0.6) is 0 Å². The SMILES string of the molecule is Cc1cc(N(c2ccccc2)c2ccc(-c3cccc4c3oc3ccccc34)cc2)c2c(c1)C(c1ccccc1)(c1ccccc1)c1cc(N(c3ccccc3)c3ccc(-c4cccc5c4oc4ccccc45)cc3)c(C)cc1-2. The molecule has 0 saturated heterocycles. The lowest BCUT2D eigenvalue weighted by atomic mass is 9.67. The number of nitrogens with zero attached hydrogens (tertiary/aromatic N) is 2. The van der Waals surface area contributed by atoms with Gasteiger partial charge in [-0.25, -0.2) is 0 Å². The Balaban J connectivity index is 0.940. The van der Waals surface area contributed by atoms with Gasteiger partial charge in [0.25, 0.3) is 0 Å². The molecular formula is C75H52N2O2. The number of rotatable bonds is 10. The third-order valence-electron chi connectivity index (χ3n) is 16.3. The van der Waals surface area contributed by atoms with E-state index in [9.17, 15) is 0 Å². The van der Waals surface area contributed by atoms with E-state index in [1.807, 2.05) is 18.2 Å². The maximum absolute atomic E-state index is 6.55. The third-order valence-corrected chi connectivity index (χ3v) is 16.3. The van der Waals surface area contributed by atoms with E-state index in [0.29, 0.717) is 0 Å². The van der Waals surface area contributed by atoms with Gasteiger partial charge in [0.2, 0.25) is 0 Å². The first-order valence-corrected chi connectivity index (χ1v) is 27.1. The zero-order valence-corrected chi connectivity index (χ0v) is 43.8. The Labute approximate surface area is 459 Å². The zero-order chi connectivity index (χ0) is 52.6. The molecule has 4 heteroatoms. The number of benzene rings is 12. The van der Waals surface area contributed by atoms with Crippen LogP contribution >= 0.6 is 0 Å². The van der Waals surface area contributed by atoms with Gasteiger partial charge in [-0.3, -0.25) is 0 Å². The molecule has 0 saturated carbocycles. The van der Waals surface area contributed by atoms with Crippen LogP contribution in [0.1, 0.15) is 33.4 Å². The molecule has 1 aliphatic carbocycles. The molecule has 0 spiro atoms. The molecule has 15 rings (SSSR count). The van der Waals surface area contributed by atoms with Crippen molar-refractivity contribution in [2.75, 3.05) is 9.80 Å². The van der Waals surface area contributed by atoms with Gasteiger partial charge >= 0.3 is 0 Å². The predicted octanol–water partition coefficient (Wildman–Crippen LogP) is 20.7. The zero-order valence-electron chi connectivity index (χ0n) is 43.8. The van der Waals surface area contributed by atoms with Gasteiger partial charge in [0.05, 0.1) is 11.1 Å². The minimum atomic E-state index is -0.703. The second kappa shape index (κ2) is 18.5. The van der Waals surface area contributed by atoms with Crippen molar-refractivity contribution in [3.8, 4) is 33.4 Å². The monoisotopic (exact) mass is 1010 g/mol. The molecule has 14 aromatic rings. The summed E-state index contributed by atoms with van der Waals surface area (Å²) in [6, 6.07) is 101. The van der Waals surface area contributed by atoms with Crippen molar-refractivity contribution in [1.82, 2.24) is 0 Å². The molecule has 1 aliphatic rings. The number of para-hydroxylation sites is 6. The summed E-state index contributed by atoms with van der Waals surface area (Å²) in [4.78, 5) is 4.89. The molecule has 4 nitrogen and oxygen atoms in total. The highest BCUT2D eigenvalue weighted by atomic mass is 16.3. The molecule has 0 fully saturated rings. The van der Waals surface area contributed by atoms with Crippen molar-refractivity contribution < 1.29 is 8.83 Å². The lowest BCUT2D eigenvalue weighted by molar-refractivity contribution is 0.669. The van der Waals surface area contributed by atoms with Gasteiger partial charge in [-0.05, 0) is 143 Å². The topological polar surface area (TPSA) is 32.8 Å². The molecule has 0 amide bonds. The minimum Gasteiger partial charge on any atom is -0.455 e. The Morgan fingerprint density at radius 1 is 0.316 bits per heavy atom. The Morgan fingerprint density at radius 3 is 1.23 bits per heavy atom. The van der Waals surface area contributed by atoms with Crippen molar-refractivity contribution in [3.05, 3.63) is 312 Å². The molecule has 0 atom stereocenters. The number of hydrogen-bond donors (Lipinski definition) is 0. The van der Waals surface area contributed by atoms with Crippen molar-refractivity contribution >= 4 is 78.0 Å². The summed E-state index contributed by atoms with van der Waals surface area (Å²) in [5, 5.41) is 4.49. The number of fused-ring (bicyclic) bond motifs is 9. The van der Waals surface area contributed by atoms with Gasteiger partial charge in [-0.1, -0.05) is 200 Å². The second-order valence-electron chi connectivity index (χ2n) is 20.9. The molecule has 12 aromatic carbocycles. The molecule has 0 N–H and O–H groups in total. The summed E-state index contributed by atoms with van der Waals surface area (Å²) in [5.74, 6) is 0. The molecule has 374 valence electrons. The normalized spacial score (nSPS) is 12.5. The van der Waals surface area contributed by atoms with Crippen LogP contribution in [0.4, 0.5) is 34.1 Å².